The summed E-state index contributed by atoms with van der Waals surface area (Å²) in [7, 11) is -4.42. The van der Waals surface area contributed by atoms with Gasteiger partial charge in [0.1, 0.15) is 6.10 Å². The normalized spacial score (nSPS) is 28.5. The number of hydrogen-bond acceptors (Lipinski definition) is 4. The third kappa shape index (κ3) is 4.36. The molecule has 1 aromatic rings. The van der Waals surface area contributed by atoms with Gasteiger partial charge in [-0.25, -0.2) is 0 Å². The van der Waals surface area contributed by atoms with Crippen molar-refractivity contribution in [3.8, 4) is 0 Å². The first-order valence-electron chi connectivity index (χ1n) is 9.18. The van der Waals surface area contributed by atoms with Gasteiger partial charge in [-0.3, -0.25) is 0 Å². The maximum absolute atomic E-state index is 6.95. The van der Waals surface area contributed by atoms with Gasteiger partial charge in [0.05, 0.1) is 18.9 Å². The third-order valence-corrected chi connectivity index (χ3v) is 13.4. The van der Waals surface area contributed by atoms with E-state index in [2.05, 4.69) is 50.3 Å². The zero-order valence-electron chi connectivity index (χ0n) is 15.1. The molecule has 4 nitrogen and oxygen atoms in total. The minimum atomic E-state index is -2.36. The smallest absolute Gasteiger partial charge is 0.362 e. The molecular formula is C18H30O4Si2. The van der Waals surface area contributed by atoms with Crippen molar-refractivity contribution in [2.45, 2.75) is 57.2 Å². The van der Waals surface area contributed by atoms with E-state index in [1.54, 1.807) is 0 Å². The number of rotatable bonds is 8. The summed E-state index contributed by atoms with van der Waals surface area (Å²) < 4.78 is 24.8. The van der Waals surface area contributed by atoms with E-state index < -0.39 is 16.9 Å². The Morgan fingerprint density at radius 1 is 1.25 bits per heavy atom. The van der Waals surface area contributed by atoms with Crippen molar-refractivity contribution in [1.29, 1.82) is 0 Å². The van der Waals surface area contributed by atoms with E-state index in [0.717, 1.165) is 32.1 Å². The lowest BCUT2D eigenvalue weighted by atomic mass is 10.3. The fourth-order valence-electron chi connectivity index (χ4n) is 3.52. The van der Waals surface area contributed by atoms with Gasteiger partial charge in [-0.15, -0.1) is 0 Å². The van der Waals surface area contributed by atoms with Crippen LogP contribution in [0.25, 0.3) is 0 Å². The summed E-state index contributed by atoms with van der Waals surface area (Å²) >= 11 is 0. The van der Waals surface area contributed by atoms with E-state index in [9.17, 15) is 0 Å². The average Bonchev–Trinajstić information content (AvgIpc) is 3.41. The summed E-state index contributed by atoms with van der Waals surface area (Å²) in [4.78, 5) is 0. The largest absolute Gasteiger partial charge is 0.430 e. The molecule has 6 heteroatoms. The molecule has 2 aliphatic heterocycles. The quantitative estimate of drug-likeness (QED) is 0.524. The van der Waals surface area contributed by atoms with E-state index in [0.29, 0.717) is 12.7 Å². The summed E-state index contributed by atoms with van der Waals surface area (Å²) in [5, 5.41) is 1.27. The Kier molecular flexibility index (Phi) is 5.95. The maximum Gasteiger partial charge on any atom is 0.362 e. The first-order chi connectivity index (χ1) is 11.6. The second-order valence-electron chi connectivity index (χ2n) is 7.32. The van der Waals surface area contributed by atoms with Crippen molar-refractivity contribution in [3.63, 3.8) is 0 Å². The number of benzene rings is 1. The van der Waals surface area contributed by atoms with E-state index >= 15 is 0 Å². The van der Waals surface area contributed by atoms with Gasteiger partial charge in [-0.05, 0) is 43.6 Å². The highest BCUT2D eigenvalue weighted by molar-refractivity contribution is 6.90. The van der Waals surface area contributed by atoms with Crippen molar-refractivity contribution < 1.29 is 18.0 Å². The molecule has 2 fully saturated rings. The Balaban J connectivity index is 1.77. The zero-order chi connectivity index (χ0) is 17.0. The van der Waals surface area contributed by atoms with Gasteiger partial charge in [-0.1, -0.05) is 37.3 Å². The molecule has 0 spiro atoms. The van der Waals surface area contributed by atoms with Crippen LogP contribution in [0.15, 0.2) is 30.3 Å². The molecule has 0 amide bonds. The molecule has 24 heavy (non-hydrogen) atoms. The molecule has 0 bridgehead atoms. The minimum absolute atomic E-state index is 0.181. The molecule has 0 saturated carbocycles. The predicted molar refractivity (Wildman–Crippen MR) is 100 cm³/mol. The lowest BCUT2D eigenvalue weighted by molar-refractivity contribution is 0.0721. The third-order valence-electron chi connectivity index (χ3n) is 4.91. The van der Waals surface area contributed by atoms with Crippen LogP contribution < -0.4 is 5.19 Å². The molecule has 0 aromatic heterocycles. The Hall–Kier alpha value is -0.506. The topological polar surface area (TPSA) is 40.2 Å². The highest BCUT2D eigenvalue weighted by atomic mass is 28.4. The van der Waals surface area contributed by atoms with E-state index in [1.807, 2.05) is 0 Å². The first-order valence-corrected chi connectivity index (χ1v) is 14.2. The standard InChI is InChI=1S/C18H30O4Si2/c1-4-18(20-15-16-14-19-16)23(2,3)22-24(13-9-8-12-21-24)17-10-6-5-7-11-17/h5-7,10-11,16,18H,4,8-9,12-15H2,1-3H3. The lowest BCUT2D eigenvalue weighted by Crippen LogP contribution is -2.63. The van der Waals surface area contributed by atoms with E-state index in [1.165, 1.54) is 11.6 Å². The number of epoxide rings is 1. The van der Waals surface area contributed by atoms with Crippen molar-refractivity contribution in [1.82, 2.24) is 0 Å². The van der Waals surface area contributed by atoms with Gasteiger partial charge in [0.25, 0.3) is 0 Å². The molecule has 3 atom stereocenters. The molecule has 134 valence electrons. The summed E-state index contributed by atoms with van der Waals surface area (Å²) in [6, 6.07) is 11.7. The van der Waals surface area contributed by atoms with Crippen molar-refractivity contribution in [2.24, 2.45) is 0 Å². The molecular weight excluding hydrogens is 336 g/mol. The van der Waals surface area contributed by atoms with E-state index in [4.69, 9.17) is 18.0 Å². The first kappa shape index (κ1) is 18.3. The van der Waals surface area contributed by atoms with E-state index in [-0.39, 0.29) is 5.73 Å². The molecule has 2 heterocycles. The van der Waals surface area contributed by atoms with Crippen LogP contribution in [-0.4, -0.2) is 48.5 Å². The fourth-order valence-corrected chi connectivity index (χ4v) is 12.5. The van der Waals surface area contributed by atoms with Crippen molar-refractivity contribution in [2.75, 3.05) is 19.8 Å². The molecule has 0 radical (unpaired) electrons. The zero-order valence-corrected chi connectivity index (χ0v) is 17.1. The molecule has 3 unspecified atom stereocenters. The van der Waals surface area contributed by atoms with Crippen molar-refractivity contribution in [3.05, 3.63) is 30.3 Å². The second-order valence-corrected chi connectivity index (χ2v) is 14.9. The summed E-state index contributed by atoms with van der Waals surface area (Å²) in [6.45, 7) is 9.10. The van der Waals surface area contributed by atoms with Gasteiger partial charge in [0, 0.05) is 6.61 Å². The van der Waals surface area contributed by atoms with Crippen LogP contribution in [-0.2, 0) is 18.0 Å². The van der Waals surface area contributed by atoms with Gasteiger partial charge < -0.3 is 18.0 Å². The van der Waals surface area contributed by atoms with Gasteiger partial charge >= 0.3 is 8.56 Å². The highest BCUT2D eigenvalue weighted by Crippen LogP contribution is 2.30. The average molecular weight is 367 g/mol. The molecule has 0 N–H and O–H groups in total. The van der Waals surface area contributed by atoms with Crippen LogP contribution in [0.2, 0.25) is 19.1 Å². The van der Waals surface area contributed by atoms with Crippen LogP contribution in [0.4, 0.5) is 0 Å². The van der Waals surface area contributed by atoms with Crippen LogP contribution >= 0.6 is 0 Å². The van der Waals surface area contributed by atoms with Gasteiger partial charge in [0.15, 0.2) is 0 Å². The molecule has 1 aromatic carbocycles. The predicted octanol–water partition coefficient (Wildman–Crippen LogP) is 3.10. The number of ether oxygens (including phenoxy) is 2. The summed E-state index contributed by atoms with van der Waals surface area (Å²) in [6.07, 6.45) is 3.61. The van der Waals surface area contributed by atoms with Gasteiger partial charge in [0.2, 0.25) is 8.32 Å². The summed E-state index contributed by atoms with van der Waals surface area (Å²) in [5.74, 6) is 0. The molecule has 0 aliphatic carbocycles. The van der Waals surface area contributed by atoms with Crippen molar-refractivity contribution >= 4 is 22.1 Å². The Morgan fingerprint density at radius 2 is 2.00 bits per heavy atom. The summed E-state index contributed by atoms with van der Waals surface area (Å²) in [5.41, 5.74) is 0.181. The van der Waals surface area contributed by atoms with Gasteiger partial charge in [-0.2, -0.15) is 0 Å². The minimum Gasteiger partial charge on any atom is -0.430 e. The Morgan fingerprint density at radius 3 is 2.58 bits per heavy atom. The van der Waals surface area contributed by atoms with Crippen LogP contribution in [0, 0.1) is 0 Å². The second kappa shape index (κ2) is 7.80. The van der Waals surface area contributed by atoms with Crippen LogP contribution in [0.1, 0.15) is 26.2 Å². The monoisotopic (exact) mass is 366 g/mol. The highest BCUT2D eigenvalue weighted by Gasteiger charge is 2.49. The van der Waals surface area contributed by atoms with Crippen LogP contribution in [0.3, 0.4) is 0 Å². The Bertz CT molecular complexity index is 513. The molecule has 2 aliphatic rings. The Labute approximate surface area is 147 Å². The molecule has 2 saturated heterocycles. The SMILES string of the molecule is CCC(OCC1CO1)[Si](C)(C)O[Si]1(c2ccccc2)CCCCO1. The molecule has 3 rings (SSSR count). The van der Waals surface area contributed by atoms with Crippen LogP contribution in [0.5, 0.6) is 0 Å². The fraction of sp³-hybridized carbons (Fsp3) is 0.667. The maximum atomic E-state index is 6.95. The lowest BCUT2D eigenvalue weighted by Gasteiger charge is -2.43. The number of hydrogen-bond donors (Lipinski definition) is 0.